The second kappa shape index (κ2) is 7.34. The summed E-state index contributed by atoms with van der Waals surface area (Å²) < 4.78 is 34.3. The zero-order valence-electron chi connectivity index (χ0n) is 15.7. The molecule has 0 bridgehead atoms. The largest absolute Gasteiger partial charge is 0.371 e. The summed E-state index contributed by atoms with van der Waals surface area (Å²) in [4.78, 5) is 19.8. The molecule has 9 heteroatoms. The lowest BCUT2D eigenvalue weighted by atomic mass is 10.0. The molecule has 0 aliphatic carbocycles. The molecule has 0 radical (unpaired) electrons. The van der Waals surface area contributed by atoms with Crippen molar-refractivity contribution in [3.8, 4) is 5.69 Å². The summed E-state index contributed by atoms with van der Waals surface area (Å²) >= 11 is 0. The summed E-state index contributed by atoms with van der Waals surface area (Å²) in [7, 11) is 0. The van der Waals surface area contributed by atoms with Crippen molar-refractivity contribution in [2.45, 2.75) is 18.6 Å². The Morgan fingerprint density at radius 2 is 1.97 bits per heavy atom. The van der Waals surface area contributed by atoms with Crippen molar-refractivity contribution in [1.29, 1.82) is 0 Å². The minimum atomic E-state index is -0.929. The van der Waals surface area contributed by atoms with Gasteiger partial charge in [0.15, 0.2) is 17.3 Å². The molecule has 1 fully saturated rings. The highest BCUT2D eigenvalue weighted by Crippen LogP contribution is 2.31. The first-order chi connectivity index (χ1) is 14.6. The summed E-state index contributed by atoms with van der Waals surface area (Å²) in [5, 5.41) is 7.83. The standard InChI is InChI=1S/C21H17F2N5O2/c22-15-7-6-12(10-16(15)23)18-17(8-9-30-18)25-21-26-19-14(20(29)27-21)11-24-28(19)13-4-2-1-3-5-13/h1-7,10-11,17-18H,8-9H2,(H2,25,26,27,29). The van der Waals surface area contributed by atoms with E-state index in [1.165, 1.54) is 12.3 Å². The number of hydrogen-bond donors (Lipinski definition) is 2. The molecule has 2 aromatic heterocycles. The van der Waals surface area contributed by atoms with Gasteiger partial charge in [-0.1, -0.05) is 24.3 Å². The van der Waals surface area contributed by atoms with Crippen LogP contribution in [0.1, 0.15) is 18.1 Å². The van der Waals surface area contributed by atoms with E-state index in [9.17, 15) is 13.6 Å². The normalized spacial score (nSPS) is 18.7. The number of aromatic amines is 1. The maximum Gasteiger partial charge on any atom is 0.263 e. The van der Waals surface area contributed by atoms with E-state index >= 15 is 0 Å². The number of hydrogen-bond acceptors (Lipinski definition) is 5. The molecule has 1 saturated heterocycles. The second-order valence-corrected chi connectivity index (χ2v) is 7.05. The maximum atomic E-state index is 13.7. The average Bonchev–Trinajstić information content (AvgIpc) is 3.38. The Morgan fingerprint density at radius 3 is 2.77 bits per heavy atom. The van der Waals surface area contributed by atoms with E-state index in [1.807, 2.05) is 30.3 Å². The van der Waals surface area contributed by atoms with Crippen molar-refractivity contribution < 1.29 is 13.5 Å². The van der Waals surface area contributed by atoms with E-state index in [0.717, 1.165) is 17.8 Å². The van der Waals surface area contributed by atoms with E-state index in [2.05, 4.69) is 20.4 Å². The Balaban J connectivity index is 1.49. The predicted octanol–water partition coefficient (Wildman–Crippen LogP) is 3.33. The summed E-state index contributed by atoms with van der Waals surface area (Å²) in [6.07, 6.45) is 1.59. The number of anilines is 1. The van der Waals surface area contributed by atoms with Gasteiger partial charge in [-0.2, -0.15) is 10.1 Å². The number of halogens is 2. The van der Waals surface area contributed by atoms with Crippen LogP contribution < -0.4 is 10.9 Å². The molecule has 5 rings (SSSR count). The van der Waals surface area contributed by atoms with E-state index in [-0.39, 0.29) is 17.5 Å². The zero-order valence-corrected chi connectivity index (χ0v) is 15.7. The smallest absolute Gasteiger partial charge is 0.263 e. The van der Waals surface area contributed by atoms with Gasteiger partial charge >= 0.3 is 0 Å². The summed E-state index contributed by atoms with van der Waals surface area (Å²) in [6, 6.07) is 12.8. The lowest BCUT2D eigenvalue weighted by Gasteiger charge is -2.20. The van der Waals surface area contributed by atoms with Crippen LogP contribution in [0.25, 0.3) is 16.7 Å². The zero-order chi connectivity index (χ0) is 20.7. The van der Waals surface area contributed by atoms with Crippen LogP contribution in [0.4, 0.5) is 14.7 Å². The lowest BCUT2D eigenvalue weighted by molar-refractivity contribution is 0.107. The third-order valence-corrected chi connectivity index (χ3v) is 5.12. The van der Waals surface area contributed by atoms with Gasteiger partial charge in [0.2, 0.25) is 5.95 Å². The van der Waals surface area contributed by atoms with Gasteiger partial charge in [-0.15, -0.1) is 0 Å². The number of aromatic nitrogens is 4. The topological polar surface area (TPSA) is 84.8 Å². The Morgan fingerprint density at radius 1 is 1.13 bits per heavy atom. The number of nitrogens with one attached hydrogen (secondary N) is 2. The van der Waals surface area contributed by atoms with Gasteiger partial charge in [-0.3, -0.25) is 9.78 Å². The molecule has 2 N–H and O–H groups in total. The fourth-order valence-electron chi connectivity index (χ4n) is 3.68. The molecule has 1 aliphatic rings. The van der Waals surface area contributed by atoms with Crippen LogP contribution >= 0.6 is 0 Å². The number of ether oxygens (including phenoxy) is 1. The molecule has 0 spiro atoms. The van der Waals surface area contributed by atoms with E-state index < -0.39 is 17.7 Å². The Bertz CT molecular complexity index is 1270. The first kappa shape index (κ1) is 18.4. The molecular formula is C21H17F2N5O2. The molecular weight excluding hydrogens is 392 g/mol. The lowest BCUT2D eigenvalue weighted by Crippen LogP contribution is -2.26. The van der Waals surface area contributed by atoms with Crippen molar-refractivity contribution in [1.82, 2.24) is 19.7 Å². The number of benzene rings is 2. The predicted molar refractivity (Wildman–Crippen MR) is 107 cm³/mol. The molecule has 0 amide bonds. The quantitative estimate of drug-likeness (QED) is 0.540. The van der Waals surface area contributed by atoms with Gasteiger partial charge in [0.05, 0.1) is 17.9 Å². The molecule has 4 aromatic rings. The van der Waals surface area contributed by atoms with Crippen LogP contribution in [0.2, 0.25) is 0 Å². The number of fused-ring (bicyclic) bond motifs is 1. The van der Waals surface area contributed by atoms with Crippen LogP contribution in [-0.4, -0.2) is 32.4 Å². The van der Waals surface area contributed by atoms with Crippen molar-refractivity contribution in [2.75, 3.05) is 11.9 Å². The fraction of sp³-hybridized carbons (Fsp3) is 0.190. The SMILES string of the molecule is O=c1[nH]c(NC2CCOC2c2ccc(F)c(F)c2)nc2c1cnn2-c1ccccc1. The third-order valence-electron chi connectivity index (χ3n) is 5.12. The highest BCUT2D eigenvalue weighted by Gasteiger charge is 2.31. The average molecular weight is 409 g/mol. The molecule has 7 nitrogen and oxygen atoms in total. The number of nitrogens with zero attached hydrogens (tertiary/aromatic N) is 3. The van der Waals surface area contributed by atoms with E-state index in [4.69, 9.17) is 4.74 Å². The fourth-order valence-corrected chi connectivity index (χ4v) is 3.68. The Labute approximate surface area is 169 Å². The van der Waals surface area contributed by atoms with Crippen LogP contribution in [0, 0.1) is 11.6 Å². The van der Waals surface area contributed by atoms with Crippen LogP contribution in [0.3, 0.4) is 0 Å². The third kappa shape index (κ3) is 3.22. The highest BCUT2D eigenvalue weighted by atomic mass is 19.2. The summed E-state index contributed by atoms with van der Waals surface area (Å²) in [6.45, 7) is 0.440. The minimum Gasteiger partial charge on any atom is -0.371 e. The van der Waals surface area contributed by atoms with Crippen LogP contribution in [0.15, 0.2) is 59.5 Å². The number of H-pyrrole nitrogens is 1. The summed E-state index contributed by atoms with van der Waals surface area (Å²) in [5.41, 5.74) is 1.38. The molecule has 30 heavy (non-hydrogen) atoms. The Hall–Kier alpha value is -3.59. The van der Waals surface area contributed by atoms with Crippen molar-refractivity contribution in [3.05, 3.63) is 82.3 Å². The van der Waals surface area contributed by atoms with Crippen molar-refractivity contribution in [2.24, 2.45) is 0 Å². The van der Waals surface area contributed by atoms with E-state index in [1.54, 1.807) is 4.68 Å². The van der Waals surface area contributed by atoms with Gasteiger partial charge in [0.1, 0.15) is 11.5 Å². The molecule has 152 valence electrons. The molecule has 0 saturated carbocycles. The molecule has 2 aromatic carbocycles. The number of para-hydroxylation sites is 1. The number of rotatable bonds is 4. The van der Waals surface area contributed by atoms with E-state index in [0.29, 0.717) is 29.6 Å². The summed E-state index contributed by atoms with van der Waals surface area (Å²) in [5.74, 6) is -1.58. The highest BCUT2D eigenvalue weighted by molar-refractivity contribution is 5.76. The Kier molecular flexibility index (Phi) is 4.51. The van der Waals surface area contributed by atoms with Gasteiger partial charge in [0, 0.05) is 6.61 Å². The van der Waals surface area contributed by atoms with Crippen LogP contribution in [0.5, 0.6) is 0 Å². The first-order valence-electron chi connectivity index (χ1n) is 9.47. The monoisotopic (exact) mass is 409 g/mol. The van der Waals surface area contributed by atoms with Crippen molar-refractivity contribution >= 4 is 17.0 Å². The minimum absolute atomic E-state index is 0.258. The molecule has 1 aliphatic heterocycles. The first-order valence-corrected chi connectivity index (χ1v) is 9.47. The van der Waals surface area contributed by atoms with Crippen LogP contribution in [-0.2, 0) is 4.74 Å². The maximum absolute atomic E-state index is 13.7. The second-order valence-electron chi connectivity index (χ2n) is 7.05. The van der Waals surface area contributed by atoms with Gasteiger partial charge in [-0.25, -0.2) is 13.5 Å². The van der Waals surface area contributed by atoms with Gasteiger partial charge < -0.3 is 10.1 Å². The van der Waals surface area contributed by atoms with Gasteiger partial charge in [-0.05, 0) is 36.2 Å². The van der Waals surface area contributed by atoms with Crippen molar-refractivity contribution in [3.63, 3.8) is 0 Å². The molecule has 3 heterocycles. The molecule has 2 atom stereocenters. The van der Waals surface area contributed by atoms with Gasteiger partial charge in [0.25, 0.3) is 5.56 Å². The molecule has 2 unspecified atom stereocenters.